The third-order valence-electron chi connectivity index (χ3n) is 1.30. The number of rotatable bonds is 2. The number of methoxy groups -OCH3 is 1. The van der Waals surface area contributed by atoms with Crippen LogP contribution in [0.3, 0.4) is 0 Å². The quantitative estimate of drug-likeness (QED) is 0.479. The Morgan fingerprint density at radius 2 is 1.80 bits per heavy atom. The van der Waals surface area contributed by atoms with Gasteiger partial charge in [-0.2, -0.15) is 0 Å². The van der Waals surface area contributed by atoms with Crippen LogP contribution in [0.2, 0.25) is 0 Å². The molecular formula is C8H10OS. The van der Waals surface area contributed by atoms with Crippen molar-refractivity contribution < 1.29 is 4.74 Å². The topological polar surface area (TPSA) is 9.23 Å². The molecule has 0 heterocycles. The first-order valence-corrected chi connectivity index (χ1v) is 4.27. The molecule has 0 atom stereocenters. The Bertz CT molecular complexity index is 170. The van der Waals surface area contributed by atoms with E-state index in [0.29, 0.717) is 0 Å². The molecule has 0 bridgehead atoms. The number of benzene rings is 1. The lowest BCUT2D eigenvalue weighted by Gasteiger charge is -1.98. The zero-order valence-electron chi connectivity index (χ0n) is 6.13. The zero-order valence-corrected chi connectivity index (χ0v) is 6.94. The van der Waals surface area contributed by atoms with E-state index < -0.39 is 0 Å². The van der Waals surface area contributed by atoms with E-state index in [9.17, 15) is 0 Å². The van der Waals surface area contributed by atoms with Gasteiger partial charge >= 0.3 is 0 Å². The van der Waals surface area contributed by atoms with Crippen LogP contribution in [0.1, 0.15) is 0 Å². The number of ether oxygens (including phenoxy) is 1. The van der Waals surface area contributed by atoms with Crippen LogP contribution in [0.25, 0.3) is 0 Å². The minimum absolute atomic E-state index is 0.915. The van der Waals surface area contributed by atoms with Gasteiger partial charge in [0, 0.05) is 4.90 Å². The Balaban J connectivity index is 2.80. The van der Waals surface area contributed by atoms with Crippen molar-refractivity contribution >= 4 is 11.8 Å². The van der Waals surface area contributed by atoms with E-state index in [1.54, 1.807) is 18.9 Å². The van der Waals surface area contributed by atoms with Gasteiger partial charge in [-0.05, 0) is 30.5 Å². The van der Waals surface area contributed by atoms with E-state index in [1.807, 2.05) is 24.3 Å². The van der Waals surface area contributed by atoms with Crippen molar-refractivity contribution in [1.82, 2.24) is 0 Å². The van der Waals surface area contributed by atoms with Crippen molar-refractivity contribution in [2.75, 3.05) is 13.4 Å². The smallest absolute Gasteiger partial charge is 0.118 e. The van der Waals surface area contributed by atoms with Gasteiger partial charge in [-0.1, -0.05) is 0 Å². The van der Waals surface area contributed by atoms with E-state index in [0.717, 1.165) is 5.75 Å². The second-order valence-electron chi connectivity index (χ2n) is 1.88. The van der Waals surface area contributed by atoms with Crippen LogP contribution < -0.4 is 4.74 Å². The maximum absolute atomic E-state index is 5.00. The molecular weight excluding hydrogens is 145 g/mol. The van der Waals surface area contributed by atoms with Crippen LogP contribution in [-0.4, -0.2) is 13.4 Å². The molecule has 0 N–H and O–H groups in total. The predicted molar refractivity (Wildman–Crippen MR) is 44.8 cm³/mol. The Kier molecular flexibility index (Phi) is 2.63. The largest absolute Gasteiger partial charge is 0.497 e. The lowest BCUT2D eigenvalue weighted by molar-refractivity contribution is 0.414. The summed E-state index contributed by atoms with van der Waals surface area (Å²) in [5.41, 5.74) is 0. The standard InChI is InChI=1S/C8H10OS/c1-9-7-3-5-8(10-2)6-4-7/h3-6H,1-2H3/i2+1. The first-order valence-electron chi connectivity index (χ1n) is 3.05. The Hall–Kier alpha value is -0.630. The second kappa shape index (κ2) is 3.52. The van der Waals surface area contributed by atoms with Gasteiger partial charge in [0.1, 0.15) is 5.75 Å². The number of hydrogen-bond acceptors (Lipinski definition) is 2. The molecule has 0 radical (unpaired) electrons. The van der Waals surface area contributed by atoms with Gasteiger partial charge < -0.3 is 4.74 Å². The first-order chi connectivity index (χ1) is 4.86. The summed E-state index contributed by atoms with van der Waals surface area (Å²) in [6, 6.07) is 8.02. The third-order valence-corrected chi connectivity index (χ3v) is 2.04. The van der Waals surface area contributed by atoms with E-state index in [1.165, 1.54) is 4.90 Å². The van der Waals surface area contributed by atoms with Crippen molar-refractivity contribution in [3.05, 3.63) is 24.3 Å². The monoisotopic (exact) mass is 155 g/mol. The van der Waals surface area contributed by atoms with Crippen LogP contribution in [-0.2, 0) is 0 Å². The molecule has 2 heteroatoms. The molecule has 54 valence electrons. The molecule has 0 unspecified atom stereocenters. The normalized spacial score (nSPS) is 9.40. The summed E-state index contributed by atoms with van der Waals surface area (Å²) < 4.78 is 5.00. The van der Waals surface area contributed by atoms with Crippen molar-refractivity contribution in [1.29, 1.82) is 0 Å². The lowest BCUT2D eigenvalue weighted by atomic mass is 10.3. The van der Waals surface area contributed by atoms with Gasteiger partial charge in [0.2, 0.25) is 0 Å². The molecule has 1 nitrogen and oxygen atoms in total. The molecule has 0 aliphatic rings. The summed E-state index contributed by atoms with van der Waals surface area (Å²) in [7, 11) is 1.67. The van der Waals surface area contributed by atoms with Crippen LogP contribution in [0.15, 0.2) is 29.2 Å². The van der Waals surface area contributed by atoms with E-state index >= 15 is 0 Å². The van der Waals surface area contributed by atoms with Crippen molar-refractivity contribution in [3.8, 4) is 5.75 Å². The third kappa shape index (κ3) is 1.67. The highest BCUT2D eigenvalue weighted by Crippen LogP contribution is 2.18. The Labute approximate surface area is 65.4 Å². The molecule has 0 aromatic heterocycles. The molecule has 1 aromatic carbocycles. The van der Waals surface area contributed by atoms with Crippen LogP contribution in [0, 0.1) is 0 Å². The highest BCUT2D eigenvalue weighted by atomic mass is 32.2. The molecule has 0 amide bonds. The summed E-state index contributed by atoms with van der Waals surface area (Å²) in [6.45, 7) is 0. The molecule has 0 aliphatic heterocycles. The van der Waals surface area contributed by atoms with Gasteiger partial charge in [-0.15, -0.1) is 11.8 Å². The summed E-state index contributed by atoms with van der Waals surface area (Å²) in [5.74, 6) is 0.915. The van der Waals surface area contributed by atoms with Gasteiger partial charge in [0.15, 0.2) is 0 Å². The van der Waals surface area contributed by atoms with Crippen LogP contribution >= 0.6 is 11.8 Å². The minimum Gasteiger partial charge on any atom is -0.497 e. The summed E-state index contributed by atoms with van der Waals surface area (Å²) in [5, 5.41) is 0. The van der Waals surface area contributed by atoms with Gasteiger partial charge in [-0.25, -0.2) is 0 Å². The SMILES string of the molecule is COc1ccc(S[13CH3])cc1. The molecule has 0 spiro atoms. The van der Waals surface area contributed by atoms with Crippen molar-refractivity contribution in [3.63, 3.8) is 0 Å². The van der Waals surface area contributed by atoms with Crippen molar-refractivity contribution in [2.24, 2.45) is 0 Å². The average molecular weight is 155 g/mol. The van der Waals surface area contributed by atoms with Crippen molar-refractivity contribution in [2.45, 2.75) is 4.90 Å². The van der Waals surface area contributed by atoms with E-state index in [4.69, 9.17) is 4.74 Å². The first kappa shape index (κ1) is 7.48. The highest BCUT2D eigenvalue weighted by molar-refractivity contribution is 7.98. The fourth-order valence-corrected chi connectivity index (χ4v) is 1.12. The summed E-state index contributed by atoms with van der Waals surface area (Å²) in [6.07, 6.45) is 2.06. The fourth-order valence-electron chi connectivity index (χ4n) is 0.712. The molecule has 0 saturated heterocycles. The van der Waals surface area contributed by atoms with Gasteiger partial charge in [-0.3, -0.25) is 0 Å². The Morgan fingerprint density at radius 1 is 1.20 bits per heavy atom. The molecule has 0 saturated carbocycles. The molecule has 0 aliphatic carbocycles. The molecule has 0 fully saturated rings. The molecule has 10 heavy (non-hydrogen) atoms. The summed E-state index contributed by atoms with van der Waals surface area (Å²) in [4.78, 5) is 1.26. The fraction of sp³-hybridized carbons (Fsp3) is 0.250. The lowest BCUT2D eigenvalue weighted by Crippen LogP contribution is -1.80. The van der Waals surface area contributed by atoms with Crippen LogP contribution in [0.5, 0.6) is 5.75 Å². The van der Waals surface area contributed by atoms with Gasteiger partial charge in [0.25, 0.3) is 0 Å². The Morgan fingerprint density at radius 3 is 2.20 bits per heavy atom. The van der Waals surface area contributed by atoms with E-state index in [-0.39, 0.29) is 0 Å². The molecule has 1 aromatic rings. The van der Waals surface area contributed by atoms with E-state index in [2.05, 4.69) is 6.26 Å². The zero-order chi connectivity index (χ0) is 7.40. The predicted octanol–water partition coefficient (Wildman–Crippen LogP) is 2.42. The van der Waals surface area contributed by atoms with Crippen LogP contribution in [0.4, 0.5) is 0 Å². The number of thioether (sulfide) groups is 1. The maximum Gasteiger partial charge on any atom is 0.118 e. The average Bonchev–Trinajstić information content (AvgIpc) is 2.05. The second-order valence-corrected chi connectivity index (χ2v) is 2.76. The van der Waals surface area contributed by atoms with Gasteiger partial charge in [0.05, 0.1) is 7.11 Å². The summed E-state index contributed by atoms with van der Waals surface area (Å²) >= 11 is 1.73. The highest BCUT2D eigenvalue weighted by Gasteiger charge is 1.89. The molecule has 1 rings (SSSR count). The maximum atomic E-state index is 5.00. The minimum atomic E-state index is 0.915. The number of hydrogen-bond donors (Lipinski definition) is 0.